The lowest BCUT2D eigenvalue weighted by Gasteiger charge is -2.27. The monoisotopic (exact) mass is 266 g/mol. The quantitative estimate of drug-likeness (QED) is 0.778. The van der Waals surface area contributed by atoms with E-state index in [4.69, 9.17) is 0 Å². The standard InChI is InChI=1S/C19H22O/c1-2-3-14-19(20,15-17-10-6-4-7-11-17)16-18-12-8-5-9-13-18/h2-13,20H,14-16H2,1H3/b3-2+. The molecule has 1 nitrogen and oxygen atoms in total. The average molecular weight is 266 g/mol. The Balaban J connectivity index is 2.16. The molecule has 0 aliphatic heterocycles. The minimum Gasteiger partial charge on any atom is -0.389 e. The largest absolute Gasteiger partial charge is 0.389 e. The van der Waals surface area contributed by atoms with E-state index in [1.54, 1.807) is 0 Å². The van der Waals surface area contributed by atoms with Gasteiger partial charge in [-0.1, -0.05) is 72.8 Å². The molecule has 0 aromatic heterocycles. The first kappa shape index (κ1) is 14.5. The Morgan fingerprint density at radius 2 is 1.30 bits per heavy atom. The van der Waals surface area contributed by atoms with Gasteiger partial charge >= 0.3 is 0 Å². The van der Waals surface area contributed by atoms with E-state index in [0.29, 0.717) is 19.3 Å². The summed E-state index contributed by atoms with van der Waals surface area (Å²) >= 11 is 0. The van der Waals surface area contributed by atoms with Crippen molar-refractivity contribution >= 4 is 0 Å². The molecule has 0 bridgehead atoms. The molecule has 0 saturated heterocycles. The Bertz CT molecular complexity index is 487. The molecule has 104 valence electrons. The molecule has 2 aromatic rings. The van der Waals surface area contributed by atoms with Gasteiger partial charge in [0.1, 0.15) is 0 Å². The van der Waals surface area contributed by atoms with Crippen LogP contribution in [0.25, 0.3) is 0 Å². The van der Waals surface area contributed by atoms with Crippen molar-refractivity contribution in [3.05, 3.63) is 83.9 Å². The number of hydrogen-bond donors (Lipinski definition) is 1. The molecule has 0 spiro atoms. The maximum atomic E-state index is 11.0. The van der Waals surface area contributed by atoms with Gasteiger partial charge < -0.3 is 5.11 Å². The van der Waals surface area contributed by atoms with Crippen LogP contribution in [-0.4, -0.2) is 10.7 Å². The van der Waals surface area contributed by atoms with E-state index in [0.717, 1.165) is 0 Å². The first-order valence-corrected chi connectivity index (χ1v) is 7.13. The normalized spacial score (nSPS) is 11.9. The highest BCUT2D eigenvalue weighted by atomic mass is 16.3. The molecule has 1 N–H and O–H groups in total. The molecule has 0 unspecified atom stereocenters. The van der Waals surface area contributed by atoms with E-state index in [1.807, 2.05) is 55.5 Å². The van der Waals surface area contributed by atoms with Gasteiger partial charge in [-0.15, -0.1) is 0 Å². The summed E-state index contributed by atoms with van der Waals surface area (Å²) < 4.78 is 0. The summed E-state index contributed by atoms with van der Waals surface area (Å²) in [6.45, 7) is 1.99. The minimum absolute atomic E-state index is 0.674. The smallest absolute Gasteiger partial charge is 0.0762 e. The summed E-state index contributed by atoms with van der Waals surface area (Å²) in [6.07, 6.45) is 6.07. The second kappa shape index (κ2) is 7.06. The second-order valence-corrected chi connectivity index (χ2v) is 5.32. The number of allylic oxidation sites excluding steroid dienone is 1. The Kier molecular flexibility index (Phi) is 5.14. The van der Waals surface area contributed by atoms with Gasteiger partial charge in [-0.2, -0.15) is 0 Å². The fourth-order valence-corrected chi connectivity index (χ4v) is 2.50. The Morgan fingerprint density at radius 3 is 1.70 bits per heavy atom. The Morgan fingerprint density at radius 1 is 0.850 bits per heavy atom. The fraction of sp³-hybridized carbons (Fsp3) is 0.263. The zero-order valence-corrected chi connectivity index (χ0v) is 12.0. The summed E-state index contributed by atoms with van der Waals surface area (Å²) in [5, 5.41) is 11.0. The molecule has 0 amide bonds. The summed E-state index contributed by atoms with van der Waals surface area (Å²) in [5.74, 6) is 0. The van der Waals surface area contributed by atoms with Gasteiger partial charge in [-0.3, -0.25) is 0 Å². The Labute approximate surface area is 121 Å². The summed E-state index contributed by atoms with van der Waals surface area (Å²) in [7, 11) is 0. The van der Waals surface area contributed by atoms with Gasteiger partial charge in [-0.25, -0.2) is 0 Å². The van der Waals surface area contributed by atoms with Crippen LogP contribution in [0, 0.1) is 0 Å². The summed E-state index contributed by atoms with van der Waals surface area (Å²) in [5.41, 5.74) is 1.63. The van der Waals surface area contributed by atoms with Crippen LogP contribution in [0.3, 0.4) is 0 Å². The zero-order valence-electron chi connectivity index (χ0n) is 12.0. The second-order valence-electron chi connectivity index (χ2n) is 5.32. The van der Waals surface area contributed by atoms with E-state index in [-0.39, 0.29) is 0 Å². The maximum Gasteiger partial charge on any atom is 0.0762 e. The van der Waals surface area contributed by atoms with Crippen LogP contribution in [0.15, 0.2) is 72.8 Å². The van der Waals surface area contributed by atoms with E-state index in [1.165, 1.54) is 11.1 Å². The number of rotatable bonds is 6. The van der Waals surface area contributed by atoms with Crippen molar-refractivity contribution in [1.82, 2.24) is 0 Å². The molecule has 0 fully saturated rings. The van der Waals surface area contributed by atoms with E-state index in [2.05, 4.69) is 24.3 Å². The maximum absolute atomic E-state index is 11.0. The fourth-order valence-electron chi connectivity index (χ4n) is 2.50. The Hall–Kier alpha value is -1.86. The molecular weight excluding hydrogens is 244 g/mol. The molecule has 0 aliphatic rings. The van der Waals surface area contributed by atoms with Crippen molar-refractivity contribution in [2.45, 2.75) is 31.8 Å². The topological polar surface area (TPSA) is 20.2 Å². The van der Waals surface area contributed by atoms with Gasteiger partial charge in [0.2, 0.25) is 0 Å². The number of aliphatic hydroxyl groups is 1. The first-order chi connectivity index (χ1) is 9.72. The van der Waals surface area contributed by atoms with Crippen molar-refractivity contribution in [3.8, 4) is 0 Å². The molecule has 2 aromatic carbocycles. The lowest BCUT2D eigenvalue weighted by Crippen LogP contribution is -2.33. The highest BCUT2D eigenvalue weighted by Gasteiger charge is 2.26. The van der Waals surface area contributed by atoms with Gasteiger partial charge in [0, 0.05) is 12.8 Å². The molecule has 20 heavy (non-hydrogen) atoms. The van der Waals surface area contributed by atoms with Gasteiger partial charge in [0.05, 0.1) is 5.60 Å². The van der Waals surface area contributed by atoms with Crippen LogP contribution in [0.1, 0.15) is 24.5 Å². The predicted octanol–water partition coefficient (Wildman–Crippen LogP) is 4.17. The van der Waals surface area contributed by atoms with E-state index < -0.39 is 5.60 Å². The SMILES string of the molecule is C/C=C/CC(O)(Cc1ccccc1)Cc1ccccc1. The highest BCUT2D eigenvalue weighted by Crippen LogP contribution is 2.23. The molecule has 0 atom stereocenters. The van der Waals surface area contributed by atoms with Crippen LogP contribution >= 0.6 is 0 Å². The van der Waals surface area contributed by atoms with Crippen LogP contribution in [0.4, 0.5) is 0 Å². The third-order valence-corrected chi connectivity index (χ3v) is 3.49. The van der Waals surface area contributed by atoms with Crippen LogP contribution < -0.4 is 0 Å². The molecule has 0 radical (unpaired) electrons. The number of hydrogen-bond acceptors (Lipinski definition) is 1. The van der Waals surface area contributed by atoms with E-state index in [9.17, 15) is 5.11 Å². The van der Waals surface area contributed by atoms with Gasteiger partial charge in [-0.05, 0) is 24.5 Å². The minimum atomic E-state index is -0.727. The third kappa shape index (κ3) is 4.36. The van der Waals surface area contributed by atoms with Crippen molar-refractivity contribution < 1.29 is 5.11 Å². The summed E-state index contributed by atoms with van der Waals surface area (Å²) in [4.78, 5) is 0. The predicted molar refractivity (Wildman–Crippen MR) is 84.7 cm³/mol. The van der Waals surface area contributed by atoms with Crippen molar-refractivity contribution in [2.75, 3.05) is 0 Å². The van der Waals surface area contributed by atoms with Crippen molar-refractivity contribution in [3.63, 3.8) is 0 Å². The van der Waals surface area contributed by atoms with Crippen LogP contribution in [0.2, 0.25) is 0 Å². The lowest BCUT2D eigenvalue weighted by atomic mass is 9.85. The average Bonchev–Trinajstić information content (AvgIpc) is 2.47. The van der Waals surface area contributed by atoms with Gasteiger partial charge in [0.15, 0.2) is 0 Å². The van der Waals surface area contributed by atoms with Crippen LogP contribution in [0.5, 0.6) is 0 Å². The first-order valence-electron chi connectivity index (χ1n) is 7.13. The highest BCUT2D eigenvalue weighted by molar-refractivity contribution is 5.22. The van der Waals surface area contributed by atoms with Crippen molar-refractivity contribution in [1.29, 1.82) is 0 Å². The lowest BCUT2D eigenvalue weighted by molar-refractivity contribution is 0.0438. The molecule has 1 heteroatoms. The molecule has 0 heterocycles. The molecule has 0 aliphatic carbocycles. The molecule has 2 rings (SSSR count). The van der Waals surface area contributed by atoms with Gasteiger partial charge in [0.25, 0.3) is 0 Å². The van der Waals surface area contributed by atoms with Crippen molar-refractivity contribution in [2.24, 2.45) is 0 Å². The summed E-state index contributed by atoms with van der Waals surface area (Å²) in [6, 6.07) is 20.4. The zero-order chi connectivity index (χ0) is 14.3. The molecule has 0 saturated carbocycles. The third-order valence-electron chi connectivity index (χ3n) is 3.49. The molecular formula is C19H22O. The number of benzene rings is 2. The van der Waals surface area contributed by atoms with E-state index >= 15 is 0 Å². The van der Waals surface area contributed by atoms with Crippen LogP contribution in [-0.2, 0) is 12.8 Å².